The number of halogens is 1. The quantitative estimate of drug-likeness (QED) is 0.676. The fourth-order valence-corrected chi connectivity index (χ4v) is 3.01. The summed E-state index contributed by atoms with van der Waals surface area (Å²) in [5.41, 5.74) is 0.662. The summed E-state index contributed by atoms with van der Waals surface area (Å²) in [6.45, 7) is 7.53. The van der Waals surface area contributed by atoms with Crippen molar-refractivity contribution in [3.63, 3.8) is 0 Å². The zero-order chi connectivity index (χ0) is 17.4. The van der Waals surface area contributed by atoms with Crippen molar-refractivity contribution < 1.29 is 14.3 Å². The van der Waals surface area contributed by atoms with Gasteiger partial charge in [0.1, 0.15) is 0 Å². The van der Waals surface area contributed by atoms with Gasteiger partial charge in [-0.25, -0.2) is 0 Å². The summed E-state index contributed by atoms with van der Waals surface area (Å²) in [6.07, 6.45) is 4.06. The highest BCUT2D eigenvalue weighted by Gasteiger charge is 2.27. The second-order valence-electron chi connectivity index (χ2n) is 6.21. The minimum Gasteiger partial charge on any atom is -0.493 e. The molecule has 25 heavy (non-hydrogen) atoms. The maximum absolute atomic E-state index is 13.0. The number of methoxy groups -OCH3 is 1. The van der Waals surface area contributed by atoms with Crippen LogP contribution in [-0.4, -0.2) is 50.2 Å². The van der Waals surface area contributed by atoms with Gasteiger partial charge in [0.05, 0.1) is 13.7 Å². The summed E-state index contributed by atoms with van der Waals surface area (Å²) in [6, 6.07) is 5.77. The van der Waals surface area contributed by atoms with Gasteiger partial charge < -0.3 is 19.7 Å². The van der Waals surface area contributed by atoms with Gasteiger partial charge in [-0.2, -0.15) is 0 Å². The molecule has 0 bridgehead atoms. The van der Waals surface area contributed by atoms with Crippen molar-refractivity contribution in [3.8, 4) is 11.5 Å². The molecule has 1 amide bonds. The fraction of sp³-hybridized carbons (Fsp3) is 0.632. The molecule has 1 aromatic carbocycles. The Morgan fingerprint density at radius 2 is 2.08 bits per heavy atom. The zero-order valence-corrected chi connectivity index (χ0v) is 16.4. The molecule has 0 aliphatic carbocycles. The largest absolute Gasteiger partial charge is 0.493 e. The van der Waals surface area contributed by atoms with Gasteiger partial charge in [-0.15, -0.1) is 12.4 Å². The van der Waals surface area contributed by atoms with Crippen molar-refractivity contribution >= 4 is 18.3 Å². The Bertz CT molecular complexity index is 533. The molecular weight excluding hydrogens is 340 g/mol. The van der Waals surface area contributed by atoms with Crippen molar-refractivity contribution in [2.75, 3.05) is 33.4 Å². The SMILES string of the molecule is CCCCOc1ccc(C(=O)N(CCC)C2CCNC2)cc1OC.Cl. The molecule has 1 aromatic rings. The number of carbonyl (C=O) groups excluding carboxylic acids is 1. The molecule has 1 fully saturated rings. The summed E-state index contributed by atoms with van der Waals surface area (Å²) in [7, 11) is 1.61. The number of benzene rings is 1. The van der Waals surface area contributed by atoms with Gasteiger partial charge in [-0.1, -0.05) is 20.3 Å². The van der Waals surface area contributed by atoms with Crippen LogP contribution in [0.3, 0.4) is 0 Å². The van der Waals surface area contributed by atoms with E-state index >= 15 is 0 Å². The first-order chi connectivity index (χ1) is 11.7. The molecule has 1 saturated heterocycles. The van der Waals surface area contributed by atoms with Crippen molar-refractivity contribution in [2.24, 2.45) is 0 Å². The number of nitrogens with zero attached hydrogens (tertiary/aromatic N) is 1. The molecule has 2 rings (SSSR count). The van der Waals surface area contributed by atoms with Crippen LogP contribution in [0.2, 0.25) is 0 Å². The van der Waals surface area contributed by atoms with E-state index in [2.05, 4.69) is 19.2 Å². The highest BCUT2D eigenvalue weighted by atomic mass is 35.5. The van der Waals surface area contributed by atoms with E-state index in [0.29, 0.717) is 23.7 Å². The molecule has 1 aliphatic rings. The van der Waals surface area contributed by atoms with E-state index < -0.39 is 0 Å². The normalized spacial score (nSPS) is 16.2. The highest BCUT2D eigenvalue weighted by molar-refractivity contribution is 5.95. The van der Waals surface area contributed by atoms with E-state index in [1.54, 1.807) is 13.2 Å². The summed E-state index contributed by atoms with van der Waals surface area (Å²) in [5.74, 6) is 1.40. The fourth-order valence-electron chi connectivity index (χ4n) is 3.01. The van der Waals surface area contributed by atoms with Gasteiger partial charge in [0.15, 0.2) is 11.5 Å². The zero-order valence-electron chi connectivity index (χ0n) is 15.5. The minimum absolute atomic E-state index is 0. The third-order valence-corrected chi connectivity index (χ3v) is 4.37. The lowest BCUT2D eigenvalue weighted by Crippen LogP contribution is -2.42. The van der Waals surface area contributed by atoms with E-state index in [4.69, 9.17) is 9.47 Å². The maximum Gasteiger partial charge on any atom is 0.254 e. The number of nitrogens with one attached hydrogen (secondary N) is 1. The number of rotatable bonds is 9. The monoisotopic (exact) mass is 370 g/mol. The maximum atomic E-state index is 13.0. The number of amides is 1. The molecular formula is C19H31ClN2O3. The molecule has 1 unspecified atom stereocenters. The van der Waals surface area contributed by atoms with E-state index in [9.17, 15) is 4.79 Å². The first kappa shape index (κ1) is 21.6. The molecule has 1 aliphatic heterocycles. The van der Waals surface area contributed by atoms with Crippen LogP contribution in [0, 0.1) is 0 Å². The standard InChI is InChI=1S/C19H30N2O3.ClH/c1-4-6-12-24-17-8-7-15(13-18(17)23-3)19(22)21(11-5-2)16-9-10-20-14-16;/h7-8,13,16,20H,4-6,9-12,14H2,1-3H3;1H. The summed E-state index contributed by atoms with van der Waals surface area (Å²) >= 11 is 0. The molecule has 0 saturated carbocycles. The van der Waals surface area contributed by atoms with E-state index in [1.165, 1.54) is 0 Å². The van der Waals surface area contributed by atoms with Crippen molar-refractivity contribution in [2.45, 2.75) is 45.6 Å². The third-order valence-electron chi connectivity index (χ3n) is 4.37. The van der Waals surface area contributed by atoms with Gasteiger partial charge in [-0.05, 0) is 44.0 Å². The second kappa shape index (κ2) is 11.2. The highest BCUT2D eigenvalue weighted by Crippen LogP contribution is 2.29. The van der Waals surface area contributed by atoms with Crippen LogP contribution in [0.25, 0.3) is 0 Å². The van der Waals surface area contributed by atoms with Crippen LogP contribution in [0.5, 0.6) is 11.5 Å². The van der Waals surface area contributed by atoms with E-state index in [1.807, 2.05) is 17.0 Å². The Labute approximate surface area is 157 Å². The summed E-state index contributed by atoms with van der Waals surface area (Å²) in [5, 5.41) is 3.34. The Hall–Kier alpha value is -1.46. The Morgan fingerprint density at radius 1 is 1.28 bits per heavy atom. The van der Waals surface area contributed by atoms with Crippen molar-refractivity contribution in [1.29, 1.82) is 0 Å². The van der Waals surface area contributed by atoms with E-state index in [0.717, 1.165) is 45.3 Å². The van der Waals surface area contributed by atoms with Crippen molar-refractivity contribution in [3.05, 3.63) is 23.8 Å². The number of unbranched alkanes of at least 4 members (excludes halogenated alkanes) is 1. The number of ether oxygens (including phenoxy) is 2. The van der Waals surface area contributed by atoms with Gasteiger partial charge in [0.25, 0.3) is 5.91 Å². The Morgan fingerprint density at radius 3 is 2.68 bits per heavy atom. The smallest absolute Gasteiger partial charge is 0.254 e. The van der Waals surface area contributed by atoms with Crippen LogP contribution >= 0.6 is 12.4 Å². The molecule has 1 N–H and O–H groups in total. The average Bonchev–Trinajstić information content (AvgIpc) is 3.13. The molecule has 5 nitrogen and oxygen atoms in total. The second-order valence-corrected chi connectivity index (χ2v) is 6.21. The van der Waals surface area contributed by atoms with Crippen LogP contribution in [0.15, 0.2) is 18.2 Å². The van der Waals surface area contributed by atoms with Gasteiger partial charge in [-0.3, -0.25) is 4.79 Å². The summed E-state index contributed by atoms with van der Waals surface area (Å²) < 4.78 is 11.2. The predicted molar refractivity (Wildman–Crippen MR) is 103 cm³/mol. The lowest BCUT2D eigenvalue weighted by molar-refractivity contribution is 0.0692. The number of carbonyl (C=O) groups is 1. The molecule has 0 radical (unpaired) electrons. The van der Waals surface area contributed by atoms with Crippen LogP contribution < -0.4 is 14.8 Å². The minimum atomic E-state index is 0. The topological polar surface area (TPSA) is 50.8 Å². The predicted octanol–water partition coefficient (Wildman–Crippen LogP) is 3.51. The third kappa shape index (κ3) is 5.79. The first-order valence-electron chi connectivity index (χ1n) is 9.03. The van der Waals surface area contributed by atoms with Crippen LogP contribution in [0.1, 0.15) is 49.9 Å². The molecule has 6 heteroatoms. The molecule has 1 atom stereocenters. The molecule has 0 spiro atoms. The van der Waals surface area contributed by atoms with Crippen LogP contribution in [-0.2, 0) is 0 Å². The molecule has 0 aromatic heterocycles. The number of hydrogen-bond donors (Lipinski definition) is 1. The lowest BCUT2D eigenvalue weighted by Gasteiger charge is -2.28. The first-order valence-corrected chi connectivity index (χ1v) is 9.03. The van der Waals surface area contributed by atoms with Crippen LogP contribution in [0.4, 0.5) is 0 Å². The van der Waals surface area contributed by atoms with Crippen molar-refractivity contribution in [1.82, 2.24) is 10.2 Å². The summed E-state index contributed by atoms with van der Waals surface area (Å²) in [4.78, 5) is 15.0. The molecule has 1 heterocycles. The van der Waals surface area contributed by atoms with Gasteiger partial charge in [0.2, 0.25) is 0 Å². The van der Waals surface area contributed by atoms with E-state index in [-0.39, 0.29) is 24.4 Å². The van der Waals surface area contributed by atoms with Gasteiger partial charge >= 0.3 is 0 Å². The Kier molecular flexibility index (Phi) is 9.68. The average molecular weight is 371 g/mol. The lowest BCUT2D eigenvalue weighted by atomic mass is 10.1. The Balaban J connectivity index is 0.00000312. The van der Waals surface area contributed by atoms with Gasteiger partial charge in [0, 0.05) is 24.7 Å². The molecule has 142 valence electrons. The number of hydrogen-bond acceptors (Lipinski definition) is 4.